The maximum absolute atomic E-state index is 14.6. The molecular formula is C36H39N3O6S. The lowest BCUT2D eigenvalue weighted by molar-refractivity contribution is -0.140. The zero-order valence-electron chi connectivity index (χ0n) is 26.0. The molecule has 5 rings (SSSR count). The summed E-state index contributed by atoms with van der Waals surface area (Å²) in [6.45, 7) is 4.14. The average Bonchev–Trinajstić information content (AvgIpc) is 3.09. The zero-order chi connectivity index (χ0) is 32.5. The molecule has 0 radical (unpaired) electrons. The topological polar surface area (TPSA) is 105 Å². The van der Waals surface area contributed by atoms with Crippen LogP contribution in [0.15, 0.2) is 114 Å². The zero-order valence-corrected chi connectivity index (χ0v) is 26.9. The number of fused-ring (bicyclic) bond motifs is 1. The number of rotatable bonds is 13. The van der Waals surface area contributed by atoms with Gasteiger partial charge in [-0.3, -0.25) is 13.9 Å². The molecule has 4 aromatic carbocycles. The van der Waals surface area contributed by atoms with Crippen molar-refractivity contribution in [1.82, 2.24) is 10.2 Å². The first-order chi connectivity index (χ1) is 22.3. The second-order valence-corrected chi connectivity index (χ2v) is 13.0. The molecule has 0 saturated heterocycles. The van der Waals surface area contributed by atoms with E-state index in [-0.39, 0.29) is 35.5 Å². The van der Waals surface area contributed by atoms with Gasteiger partial charge in [-0.05, 0) is 48.7 Å². The molecule has 0 spiro atoms. The first-order valence-electron chi connectivity index (χ1n) is 15.4. The van der Waals surface area contributed by atoms with Crippen molar-refractivity contribution in [2.24, 2.45) is 0 Å². The molecule has 0 fully saturated rings. The van der Waals surface area contributed by atoms with E-state index in [2.05, 4.69) is 5.32 Å². The highest BCUT2D eigenvalue weighted by molar-refractivity contribution is 7.92. The van der Waals surface area contributed by atoms with Crippen LogP contribution in [0.4, 0.5) is 5.69 Å². The molecule has 1 N–H and O–H groups in total. The lowest BCUT2D eigenvalue weighted by Crippen LogP contribution is -2.54. The summed E-state index contributed by atoms with van der Waals surface area (Å²) in [5, 5.41) is 3.05. The lowest BCUT2D eigenvalue weighted by atomic mass is 10.0. The number of amides is 2. The molecule has 4 aromatic rings. The molecule has 0 aliphatic carbocycles. The Hall–Kier alpha value is -4.83. The van der Waals surface area contributed by atoms with Gasteiger partial charge < -0.3 is 19.7 Å². The van der Waals surface area contributed by atoms with Crippen LogP contribution in [0.5, 0.6) is 11.5 Å². The number of carbonyl (C=O) groups is 2. The Morgan fingerprint density at radius 1 is 0.804 bits per heavy atom. The highest BCUT2D eigenvalue weighted by atomic mass is 32.2. The van der Waals surface area contributed by atoms with Gasteiger partial charge in [0.1, 0.15) is 25.8 Å². The number of anilines is 1. The van der Waals surface area contributed by atoms with Crippen LogP contribution in [0.25, 0.3) is 0 Å². The van der Waals surface area contributed by atoms with E-state index in [1.165, 1.54) is 17.0 Å². The summed E-state index contributed by atoms with van der Waals surface area (Å²) in [6.07, 6.45) is 0.959. The van der Waals surface area contributed by atoms with E-state index in [1.807, 2.05) is 74.5 Å². The predicted molar refractivity (Wildman–Crippen MR) is 177 cm³/mol. The molecule has 0 unspecified atom stereocenters. The monoisotopic (exact) mass is 641 g/mol. The summed E-state index contributed by atoms with van der Waals surface area (Å²) < 4.78 is 40.9. The van der Waals surface area contributed by atoms with E-state index >= 15 is 0 Å². The quantitative estimate of drug-likeness (QED) is 0.215. The SMILES string of the molecule is CC[C@H](C)NC(=O)[C@@H](Cc1ccccc1)N(Cc1ccccc1)C(=O)CN(c1ccc2c(c1)OCCO2)S(=O)(=O)c1ccccc1. The van der Waals surface area contributed by atoms with E-state index in [1.54, 1.807) is 36.4 Å². The Balaban J connectivity index is 1.57. The second-order valence-electron chi connectivity index (χ2n) is 11.2. The fraction of sp³-hybridized carbons (Fsp3) is 0.278. The minimum Gasteiger partial charge on any atom is -0.486 e. The van der Waals surface area contributed by atoms with E-state index in [9.17, 15) is 18.0 Å². The Bertz CT molecular complexity index is 1720. The van der Waals surface area contributed by atoms with Crippen LogP contribution in [0, 0.1) is 0 Å². The molecule has 10 heteroatoms. The van der Waals surface area contributed by atoms with E-state index in [0.717, 1.165) is 15.4 Å². The van der Waals surface area contributed by atoms with Crippen molar-refractivity contribution in [2.45, 2.75) is 50.2 Å². The van der Waals surface area contributed by atoms with Crippen LogP contribution in [0.2, 0.25) is 0 Å². The first-order valence-corrected chi connectivity index (χ1v) is 16.9. The molecule has 0 saturated carbocycles. The third-order valence-corrected chi connectivity index (χ3v) is 9.68. The number of ether oxygens (including phenoxy) is 2. The summed E-state index contributed by atoms with van der Waals surface area (Å²) in [4.78, 5) is 30.0. The largest absolute Gasteiger partial charge is 0.486 e. The van der Waals surface area contributed by atoms with Crippen LogP contribution in [0.1, 0.15) is 31.4 Å². The second kappa shape index (κ2) is 15.0. The van der Waals surface area contributed by atoms with Crippen molar-refractivity contribution < 1.29 is 27.5 Å². The van der Waals surface area contributed by atoms with Gasteiger partial charge in [-0.1, -0.05) is 85.8 Å². The summed E-state index contributed by atoms with van der Waals surface area (Å²) in [5.41, 5.74) is 1.92. The number of nitrogens with zero attached hydrogens (tertiary/aromatic N) is 2. The number of carbonyl (C=O) groups excluding carboxylic acids is 2. The summed E-state index contributed by atoms with van der Waals surface area (Å²) in [5.74, 6) is 0.0481. The Morgan fingerprint density at radius 2 is 1.39 bits per heavy atom. The van der Waals surface area contributed by atoms with Crippen molar-refractivity contribution in [2.75, 3.05) is 24.1 Å². The normalized spacial score (nSPS) is 13.7. The molecule has 2 amide bonds. The van der Waals surface area contributed by atoms with Crippen LogP contribution < -0.4 is 19.1 Å². The summed E-state index contributed by atoms with van der Waals surface area (Å²) in [6, 6.07) is 30.6. The smallest absolute Gasteiger partial charge is 0.264 e. The first kappa shape index (κ1) is 32.6. The third-order valence-electron chi connectivity index (χ3n) is 7.89. The maximum atomic E-state index is 14.6. The molecule has 46 heavy (non-hydrogen) atoms. The van der Waals surface area contributed by atoms with Gasteiger partial charge in [-0.15, -0.1) is 0 Å². The van der Waals surface area contributed by atoms with E-state index in [4.69, 9.17) is 9.47 Å². The van der Waals surface area contributed by atoms with Crippen LogP contribution in [-0.2, 0) is 32.6 Å². The van der Waals surface area contributed by atoms with Gasteiger partial charge in [0.25, 0.3) is 10.0 Å². The number of hydrogen-bond acceptors (Lipinski definition) is 6. The van der Waals surface area contributed by atoms with Crippen LogP contribution >= 0.6 is 0 Å². The van der Waals surface area contributed by atoms with Gasteiger partial charge in [0, 0.05) is 25.1 Å². The minimum atomic E-state index is -4.22. The molecule has 0 bridgehead atoms. The van der Waals surface area contributed by atoms with Gasteiger partial charge in [0.05, 0.1) is 10.6 Å². The highest BCUT2D eigenvalue weighted by Crippen LogP contribution is 2.36. The maximum Gasteiger partial charge on any atom is 0.264 e. The van der Waals surface area contributed by atoms with Gasteiger partial charge in [-0.2, -0.15) is 0 Å². The Kier molecular flexibility index (Phi) is 10.6. The molecular weight excluding hydrogens is 602 g/mol. The fourth-order valence-electron chi connectivity index (χ4n) is 5.21. The fourth-order valence-corrected chi connectivity index (χ4v) is 6.64. The molecule has 1 aliphatic rings. The van der Waals surface area contributed by atoms with Crippen LogP contribution in [0.3, 0.4) is 0 Å². The number of nitrogens with one attached hydrogen (secondary N) is 1. The van der Waals surface area contributed by atoms with Crippen molar-refractivity contribution >= 4 is 27.5 Å². The molecule has 1 heterocycles. The summed E-state index contributed by atoms with van der Waals surface area (Å²) in [7, 11) is -4.22. The molecule has 2 atom stereocenters. The summed E-state index contributed by atoms with van der Waals surface area (Å²) >= 11 is 0. The van der Waals surface area contributed by atoms with E-state index < -0.39 is 28.5 Å². The van der Waals surface area contributed by atoms with Gasteiger partial charge in [0.15, 0.2) is 11.5 Å². The average molecular weight is 642 g/mol. The molecule has 9 nitrogen and oxygen atoms in total. The van der Waals surface area contributed by atoms with Crippen LogP contribution in [-0.4, -0.2) is 57.0 Å². The van der Waals surface area contributed by atoms with Gasteiger partial charge in [0.2, 0.25) is 11.8 Å². The van der Waals surface area contributed by atoms with Crippen molar-refractivity contribution in [3.63, 3.8) is 0 Å². The van der Waals surface area contributed by atoms with Crippen molar-refractivity contribution in [3.8, 4) is 11.5 Å². The lowest BCUT2D eigenvalue weighted by Gasteiger charge is -2.34. The number of benzene rings is 4. The van der Waals surface area contributed by atoms with Crippen molar-refractivity contribution in [1.29, 1.82) is 0 Å². The number of hydrogen-bond donors (Lipinski definition) is 1. The molecule has 1 aliphatic heterocycles. The minimum absolute atomic E-state index is 0.0302. The van der Waals surface area contributed by atoms with E-state index in [0.29, 0.717) is 31.1 Å². The standard InChI is InChI=1S/C36H39N3O6S/c1-3-27(2)37-36(41)32(23-28-13-7-4-8-14-28)38(25-29-15-9-5-10-16-29)35(40)26-39(46(42,43)31-17-11-6-12-18-31)30-19-20-33-34(24-30)45-22-21-44-33/h4-20,24,27,32H,3,21-23,25-26H2,1-2H3,(H,37,41)/t27-,32+/m0/s1. The van der Waals surface area contributed by atoms with Gasteiger partial charge in [-0.25, -0.2) is 8.42 Å². The number of sulfonamides is 1. The highest BCUT2D eigenvalue weighted by Gasteiger charge is 2.35. The predicted octanol–water partition coefficient (Wildman–Crippen LogP) is 5.21. The molecule has 240 valence electrons. The van der Waals surface area contributed by atoms with Crippen molar-refractivity contribution in [3.05, 3.63) is 120 Å². The van der Waals surface area contributed by atoms with Gasteiger partial charge >= 0.3 is 0 Å². The molecule has 0 aromatic heterocycles. The Morgan fingerprint density at radius 3 is 2.02 bits per heavy atom. The Labute approximate surface area is 270 Å². The third kappa shape index (κ3) is 7.87.